The molecule has 0 amide bonds. The quantitative estimate of drug-likeness (QED) is 0.661. The van der Waals surface area contributed by atoms with E-state index < -0.39 is 0 Å². The van der Waals surface area contributed by atoms with Crippen LogP contribution in [0.5, 0.6) is 5.88 Å². The summed E-state index contributed by atoms with van der Waals surface area (Å²) in [5, 5.41) is 4.28. The number of hydrogen-bond acceptors (Lipinski definition) is 7. The predicted molar refractivity (Wildman–Crippen MR) is 92.9 cm³/mol. The highest BCUT2D eigenvalue weighted by atomic mass is 16.5. The van der Waals surface area contributed by atoms with Crippen LogP contribution in [0.1, 0.15) is 12.0 Å². The van der Waals surface area contributed by atoms with Gasteiger partial charge < -0.3 is 19.1 Å². The predicted octanol–water partition coefficient (Wildman–Crippen LogP) is 1.07. The summed E-state index contributed by atoms with van der Waals surface area (Å²) in [6, 6.07) is 2.05. The number of aromatic nitrogens is 4. The summed E-state index contributed by atoms with van der Waals surface area (Å²) in [6.07, 6.45) is 7.40. The Morgan fingerprint density at radius 3 is 2.84 bits per heavy atom. The fraction of sp³-hybridized carbons (Fsp3) is 0.588. The molecule has 0 bridgehead atoms. The molecule has 0 radical (unpaired) electrons. The lowest BCUT2D eigenvalue weighted by Crippen LogP contribution is -2.39. The van der Waals surface area contributed by atoms with E-state index in [2.05, 4.69) is 20.0 Å². The lowest BCUT2D eigenvalue weighted by atomic mass is 10.0. The zero-order valence-corrected chi connectivity index (χ0v) is 15.0. The Hall–Kier alpha value is -2.19. The van der Waals surface area contributed by atoms with Crippen LogP contribution < -0.4 is 9.64 Å². The lowest BCUT2D eigenvalue weighted by Gasteiger charge is -2.29. The Morgan fingerprint density at radius 1 is 1.24 bits per heavy atom. The highest BCUT2D eigenvalue weighted by Gasteiger charge is 2.36. The van der Waals surface area contributed by atoms with Crippen molar-refractivity contribution < 1.29 is 14.2 Å². The van der Waals surface area contributed by atoms with E-state index in [0.29, 0.717) is 19.1 Å². The lowest BCUT2D eigenvalue weighted by molar-refractivity contribution is 0.0137. The highest BCUT2D eigenvalue weighted by molar-refractivity contribution is 5.44. The third-order valence-corrected chi connectivity index (χ3v) is 4.44. The maximum atomic E-state index is 6.07. The Labute approximate surface area is 147 Å². The van der Waals surface area contributed by atoms with Gasteiger partial charge in [-0.2, -0.15) is 5.10 Å². The van der Waals surface area contributed by atoms with E-state index in [1.807, 2.05) is 30.2 Å². The minimum absolute atomic E-state index is 0.122. The fourth-order valence-corrected chi connectivity index (χ4v) is 3.25. The molecule has 3 heterocycles. The van der Waals surface area contributed by atoms with Crippen molar-refractivity contribution in [2.45, 2.75) is 25.0 Å². The summed E-state index contributed by atoms with van der Waals surface area (Å²) in [6.45, 7) is 2.06. The fourth-order valence-electron chi connectivity index (χ4n) is 3.25. The topological polar surface area (TPSA) is 74.5 Å². The zero-order chi connectivity index (χ0) is 17.6. The van der Waals surface area contributed by atoms with E-state index in [0.717, 1.165) is 25.2 Å². The molecule has 2 aromatic heterocycles. The molecule has 25 heavy (non-hydrogen) atoms. The maximum Gasteiger partial charge on any atom is 0.218 e. The minimum Gasteiger partial charge on any atom is -0.481 e. The molecule has 1 aliphatic heterocycles. The van der Waals surface area contributed by atoms with Crippen molar-refractivity contribution in [1.29, 1.82) is 0 Å². The van der Waals surface area contributed by atoms with Crippen LogP contribution >= 0.6 is 0 Å². The molecule has 8 heteroatoms. The van der Waals surface area contributed by atoms with Gasteiger partial charge in [-0.3, -0.25) is 4.68 Å². The third-order valence-electron chi connectivity index (χ3n) is 4.44. The molecule has 1 fully saturated rings. The van der Waals surface area contributed by atoms with Gasteiger partial charge in [0.2, 0.25) is 5.88 Å². The summed E-state index contributed by atoms with van der Waals surface area (Å²) in [5.74, 6) is 1.42. The normalized spacial score (nSPS) is 20.2. The van der Waals surface area contributed by atoms with E-state index in [1.165, 1.54) is 11.9 Å². The average Bonchev–Trinajstić information content (AvgIpc) is 3.22. The molecule has 0 aromatic carbocycles. The summed E-state index contributed by atoms with van der Waals surface area (Å²) >= 11 is 0. The number of ether oxygens (including phenoxy) is 3. The summed E-state index contributed by atoms with van der Waals surface area (Å²) < 4.78 is 18.2. The highest BCUT2D eigenvalue weighted by Crippen LogP contribution is 2.29. The van der Waals surface area contributed by atoms with Crippen molar-refractivity contribution in [2.24, 2.45) is 7.05 Å². The van der Waals surface area contributed by atoms with Gasteiger partial charge in [-0.25, -0.2) is 9.97 Å². The van der Waals surface area contributed by atoms with E-state index in [4.69, 9.17) is 14.2 Å². The number of hydrogen-bond donors (Lipinski definition) is 0. The van der Waals surface area contributed by atoms with Gasteiger partial charge in [0.25, 0.3) is 0 Å². The van der Waals surface area contributed by atoms with Crippen molar-refractivity contribution in [3.8, 4) is 5.88 Å². The molecule has 1 aliphatic rings. The van der Waals surface area contributed by atoms with Crippen LogP contribution in [0.4, 0.5) is 5.82 Å². The van der Waals surface area contributed by atoms with Crippen molar-refractivity contribution in [1.82, 2.24) is 19.7 Å². The zero-order valence-electron chi connectivity index (χ0n) is 15.0. The van der Waals surface area contributed by atoms with Gasteiger partial charge in [-0.15, -0.1) is 0 Å². The van der Waals surface area contributed by atoms with E-state index in [1.54, 1.807) is 14.2 Å². The molecule has 2 atom stereocenters. The molecule has 0 spiro atoms. The standard InChI is InChI=1S/C17H25N5O3/c1-21-11-13(10-20-21)8-14-15(25-7-6-23-2)4-5-22(14)16-9-17(24-3)19-12-18-16/h9-12,14-15H,4-8H2,1-3H3/t14-,15-/m0/s1. The second kappa shape index (κ2) is 8.26. The van der Waals surface area contributed by atoms with Crippen molar-refractivity contribution in [3.05, 3.63) is 30.4 Å². The molecule has 2 aromatic rings. The number of anilines is 1. The number of aryl methyl sites for hydroxylation is 1. The minimum atomic E-state index is 0.122. The second-order valence-electron chi connectivity index (χ2n) is 6.10. The molecular weight excluding hydrogens is 322 g/mol. The van der Waals surface area contributed by atoms with Gasteiger partial charge in [0.1, 0.15) is 12.1 Å². The van der Waals surface area contributed by atoms with Crippen LogP contribution in [0.2, 0.25) is 0 Å². The first-order valence-electron chi connectivity index (χ1n) is 8.42. The first-order chi connectivity index (χ1) is 12.2. The average molecular weight is 347 g/mol. The van der Waals surface area contributed by atoms with Gasteiger partial charge in [0.05, 0.1) is 38.7 Å². The van der Waals surface area contributed by atoms with Crippen LogP contribution in [-0.4, -0.2) is 65.9 Å². The molecule has 1 saturated heterocycles. The first-order valence-corrected chi connectivity index (χ1v) is 8.42. The van der Waals surface area contributed by atoms with Crippen LogP contribution in [-0.2, 0) is 22.9 Å². The van der Waals surface area contributed by atoms with Gasteiger partial charge in [0.15, 0.2) is 0 Å². The second-order valence-corrected chi connectivity index (χ2v) is 6.10. The van der Waals surface area contributed by atoms with Crippen LogP contribution in [0, 0.1) is 0 Å². The van der Waals surface area contributed by atoms with Gasteiger partial charge in [-0.05, 0) is 18.4 Å². The summed E-state index contributed by atoms with van der Waals surface area (Å²) in [4.78, 5) is 10.8. The summed E-state index contributed by atoms with van der Waals surface area (Å²) in [7, 11) is 5.22. The molecule has 3 rings (SSSR count). The van der Waals surface area contributed by atoms with Crippen molar-refractivity contribution >= 4 is 5.82 Å². The monoisotopic (exact) mass is 347 g/mol. The van der Waals surface area contributed by atoms with E-state index >= 15 is 0 Å². The Kier molecular flexibility index (Phi) is 5.83. The molecule has 0 aliphatic carbocycles. The van der Waals surface area contributed by atoms with Gasteiger partial charge in [-0.1, -0.05) is 0 Å². The first kappa shape index (κ1) is 17.6. The third kappa shape index (κ3) is 4.26. The molecule has 0 saturated carbocycles. The smallest absolute Gasteiger partial charge is 0.218 e. The van der Waals surface area contributed by atoms with Gasteiger partial charge in [0, 0.05) is 33.0 Å². The molecule has 0 N–H and O–H groups in total. The maximum absolute atomic E-state index is 6.07. The van der Waals surface area contributed by atoms with Crippen LogP contribution in [0.3, 0.4) is 0 Å². The summed E-state index contributed by atoms with van der Waals surface area (Å²) in [5.41, 5.74) is 1.18. The van der Waals surface area contributed by atoms with Crippen molar-refractivity contribution in [2.75, 3.05) is 38.9 Å². The van der Waals surface area contributed by atoms with Gasteiger partial charge >= 0.3 is 0 Å². The number of rotatable bonds is 8. The molecule has 136 valence electrons. The molecular formula is C17H25N5O3. The Balaban J connectivity index is 1.79. The van der Waals surface area contributed by atoms with Crippen molar-refractivity contribution in [3.63, 3.8) is 0 Å². The van der Waals surface area contributed by atoms with E-state index in [9.17, 15) is 0 Å². The SMILES string of the molecule is COCCO[C@H]1CCN(c2cc(OC)ncn2)[C@H]1Cc1cnn(C)c1. The molecule has 0 unspecified atom stereocenters. The van der Waals surface area contributed by atoms with Crippen LogP contribution in [0.15, 0.2) is 24.8 Å². The Morgan fingerprint density at radius 2 is 2.12 bits per heavy atom. The Bertz CT molecular complexity index is 678. The van der Waals surface area contributed by atoms with E-state index in [-0.39, 0.29) is 12.1 Å². The largest absolute Gasteiger partial charge is 0.481 e. The number of nitrogens with zero attached hydrogens (tertiary/aromatic N) is 5. The number of methoxy groups -OCH3 is 2. The van der Waals surface area contributed by atoms with Crippen LogP contribution in [0.25, 0.3) is 0 Å². The molecule has 8 nitrogen and oxygen atoms in total.